The molecule has 0 amide bonds. The molecule has 0 aromatic rings. The fourth-order valence-electron chi connectivity index (χ4n) is 3.76. The highest BCUT2D eigenvalue weighted by Crippen LogP contribution is 2.39. The van der Waals surface area contributed by atoms with Gasteiger partial charge in [0.05, 0.1) is 6.10 Å². The van der Waals surface area contributed by atoms with Crippen LogP contribution in [0.1, 0.15) is 52.4 Å². The maximum atomic E-state index is 5.56. The summed E-state index contributed by atoms with van der Waals surface area (Å²) in [6.45, 7) is 9.38. The van der Waals surface area contributed by atoms with Gasteiger partial charge in [0.25, 0.3) is 0 Å². The lowest BCUT2D eigenvalue weighted by atomic mass is 9.84. The normalized spacial score (nSPS) is 28.1. The Bertz CT molecular complexity index is 261. The molecule has 0 bridgehead atoms. The van der Waals surface area contributed by atoms with E-state index < -0.39 is 0 Å². The molecule has 0 aromatic carbocycles. The Morgan fingerprint density at radius 3 is 2.63 bits per heavy atom. The molecule has 0 radical (unpaired) electrons. The van der Waals surface area contributed by atoms with E-state index in [9.17, 15) is 0 Å². The molecule has 0 spiro atoms. The summed E-state index contributed by atoms with van der Waals surface area (Å²) in [5.74, 6) is 0. The van der Waals surface area contributed by atoms with Crippen molar-refractivity contribution < 1.29 is 4.74 Å². The first kappa shape index (κ1) is 15.3. The molecular weight excluding hydrogens is 236 g/mol. The summed E-state index contributed by atoms with van der Waals surface area (Å²) < 4.78 is 5.56. The van der Waals surface area contributed by atoms with Crippen molar-refractivity contribution in [3.8, 4) is 0 Å². The highest BCUT2D eigenvalue weighted by atomic mass is 16.5. The van der Waals surface area contributed by atoms with Crippen molar-refractivity contribution in [2.24, 2.45) is 5.41 Å². The lowest BCUT2D eigenvalue weighted by molar-refractivity contribution is 0.0142. The second-order valence-electron chi connectivity index (χ2n) is 6.98. The molecule has 0 aromatic heterocycles. The van der Waals surface area contributed by atoms with E-state index in [2.05, 4.69) is 24.1 Å². The number of nitrogens with one attached hydrogen (secondary N) is 1. The van der Waals surface area contributed by atoms with Crippen LogP contribution in [0.25, 0.3) is 0 Å². The van der Waals surface area contributed by atoms with Gasteiger partial charge in [0.2, 0.25) is 0 Å². The summed E-state index contributed by atoms with van der Waals surface area (Å²) in [7, 11) is 1.86. The average molecular weight is 268 g/mol. The first-order chi connectivity index (χ1) is 9.13. The molecule has 2 rings (SSSR count). The van der Waals surface area contributed by atoms with Gasteiger partial charge in [0, 0.05) is 32.8 Å². The van der Waals surface area contributed by atoms with Crippen LogP contribution in [-0.2, 0) is 4.74 Å². The summed E-state index contributed by atoms with van der Waals surface area (Å²) in [5.41, 5.74) is 0.528. The molecule has 1 unspecified atom stereocenters. The zero-order valence-corrected chi connectivity index (χ0v) is 13.1. The van der Waals surface area contributed by atoms with Crippen molar-refractivity contribution in [3.05, 3.63) is 0 Å². The maximum absolute atomic E-state index is 5.56. The van der Waals surface area contributed by atoms with E-state index in [1.165, 1.54) is 58.2 Å². The van der Waals surface area contributed by atoms with Crippen LogP contribution in [0.5, 0.6) is 0 Å². The van der Waals surface area contributed by atoms with Crippen LogP contribution in [-0.4, -0.2) is 50.3 Å². The Morgan fingerprint density at radius 2 is 2.00 bits per heavy atom. The van der Waals surface area contributed by atoms with Crippen molar-refractivity contribution in [2.75, 3.05) is 33.3 Å². The van der Waals surface area contributed by atoms with Crippen LogP contribution in [0.2, 0.25) is 0 Å². The number of ether oxygens (including phenoxy) is 1. The molecule has 1 atom stereocenters. The molecule has 2 fully saturated rings. The average Bonchev–Trinajstić information content (AvgIpc) is 2.86. The second kappa shape index (κ2) is 7.05. The van der Waals surface area contributed by atoms with E-state index in [0.29, 0.717) is 17.6 Å². The van der Waals surface area contributed by atoms with Gasteiger partial charge in [-0.3, -0.25) is 0 Å². The van der Waals surface area contributed by atoms with Crippen LogP contribution in [0.15, 0.2) is 0 Å². The Kier molecular flexibility index (Phi) is 5.67. The number of rotatable bonds is 6. The van der Waals surface area contributed by atoms with Crippen LogP contribution in [0.4, 0.5) is 0 Å². The second-order valence-corrected chi connectivity index (χ2v) is 6.98. The third kappa shape index (κ3) is 4.44. The van der Waals surface area contributed by atoms with Gasteiger partial charge in [-0.15, -0.1) is 0 Å². The van der Waals surface area contributed by atoms with Gasteiger partial charge in [-0.25, -0.2) is 0 Å². The molecule has 2 aliphatic rings. The van der Waals surface area contributed by atoms with Crippen LogP contribution in [0.3, 0.4) is 0 Å². The summed E-state index contributed by atoms with van der Waals surface area (Å²) >= 11 is 0. The fraction of sp³-hybridized carbons (Fsp3) is 1.00. The van der Waals surface area contributed by atoms with Crippen molar-refractivity contribution >= 4 is 0 Å². The van der Waals surface area contributed by atoms with E-state index in [0.717, 1.165) is 6.54 Å². The highest BCUT2D eigenvalue weighted by Gasteiger charge is 2.36. The van der Waals surface area contributed by atoms with E-state index >= 15 is 0 Å². The minimum Gasteiger partial charge on any atom is -0.380 e. The summed E-state index contributed by atoms with van der Waals surface area (Å²) in [6.07, 6.45) is 8.64. The molecule has 19 heavy (non-hydrogen) atoms. The van der Waals surface area contributed by atoms with Crippen molar-refractivity contribution in [2.45, 2.75) is 64.5 Å². The topological polar surface area (TPSA) is 24.5 Å². The number of methoxy groups -OCH3 is 1. The number of piperidine rings is 1. The number of nitrogens with zero attached hydrogens (tertiary/aromatic N) is 1. The highest BCUT2D eigenvalue weighted by molar-refractivity contribution is 4.91. The third-order valence-corrected chi connectivity index (χ3v) is 4.90. The largest absolute Gasteiger partial charge is 0.380 e. The van der Waals surface area contributed by atoms with Crippen LogP contribution in [0, 0.1) is 5.41 Å². The Balaban J connectivity index is 1.88. The lowest BCUT2D eigenvalue weighted by Gasteiger charge is -2.39. The fourth-order valence-corrected chi connectivity index (χ4v) is 3.76. The van der Waals surface area contributed by atoms with Gasteiger partial charge in [-0.05, 0) is 37.6 Å². The molecule has 1 aliphatic carbocycles. The van der Waals surface area contributed by atoms with E-state index in [1.807, 2.05) is 7.11 Å². The van der Waals surface area contributed by atoms with Crippen molar-refractivity contribution in [1.29, 1.82) is 0 Å². The molecule has 3 heteroatoms. The lowest BCUT2D eigenvalue weighted by Crippen LogP contribution is -2.48. The van der Waals surface area contributed by atoms with Gasteiger partial charge in [0.15, 0.2) is 0 Å². The maximum Gasteiger partial charge on any atom is 0.0698 e. The summed E-state index contributed by atoms with van der Waals surface area (Å²) in [5, 5.41) is 3.69. The smallest absolute Gasteiger partial charge is 0.0698 e. The minimum absolute atomic E-state index is 0.463. The molecule has 112 valence electrons. The summed E-state index contributed by atoms with van der Waals surface area (Å²) in [4.78, 5) is 2.66. The van der Waals surface area contributed by atoms with E-state index in [1.54, 1.807) is 0 Å². The van der Waals surface area contributed by atoms with Crippen LogP contribution < -0.4 is 5.32 Å². The van der Waals surface area contributed by atoms with Crippen molar-refractivity contribution in [1.82, 2.24) is 10.2 Å². The molecule has 1 aliphatic heterocycles. The Morgan fingerprint density at radius 1 is 1.26 bits per heavy atom. The first-order valence-corrected chi connectivity index (χ1v) is 8.12. The quantitative estimate of drug-likeness (QED) is 0.801. The van der Waals surface area contributed by atoms with Gasteiger partial charge in [-0.1, -0.05) is 26.7 Å². The molecular formula is C16H32N2O. The van der Waals surface area contributed by atoms with Gasteiger partial charge >= 0.3 is 0 Å². The third-order valence-electron chi connectivity index (χ3n) is 4.90. The summed E-state index contributed by atoms with van der Waals surface area (Å²) in [6, 6.07) is 0.602. The Hall–Kier alpha value is -0.120. The molecule has 1 heterocycles. The van der Waals surface area contributed by atoms with Gasteiger partial charge < -0.3 is 15.0 Å². The number of hydrogen-bond donors (Lipinski definition) is 1. The monoisotopic (exact) mass is 268 g/mol. The minimum atomic E-state index is 0.463. The van der Waals surface area contributed by atoms with E-state index in [-0.39, 0.29) is 0 Å². The molecule has 1 saturated heterocycles. The van der Waals surface area contributed by atoms with Gasteiger partial charge in [0.1, 0.15) is 0 Å². The molecule has 1 saturated carbocycles. The zero-order chi connectivity index (χ0) is 13.7. The predicted molar refractivity (Wildman–Crippen MR) is 80.5 cm³/mol. The standard InChI is InChI=1S/C16H32N2O/c1-14(2)17-12-16(8-4-5-9-16)13-18-10-6-7-15(11-18)19-3/h14-15,17H,4-13H2,1-3H3. The Labute approximate surface area is 119 Å². The van der Waals surface area contributed by atoms with Crippen molar-refractivity contribution in [3.63, 3.8) is 0 Å². The number of hydrogen-bond acceptors (Lipinski definition) is 3. The molecule has 1 N–H and O–H groups in total. The predicted octanol–water partition coefficient (Wildman–Crippen LogP) is 2.66. The first-order valence-electron chi connectivity index (χ1n) is 8.12. The number of likely N-dealkylation sites (tertiary alicyclic amines) is 1. The molecule has 3 nitrogen and oxygen atoms in total. The van der Waals surface area contributed by atoms with Gasteiger partial charge in [-0.2, -0.15) is 0 Å². The zero-order valence-electron chi connectivity index (χ0n) is 13.1. The van der Waals surface area contributed by atoms with Crippen LogP contribution >= 0.6 is 0 Å². The SMILES string of the molecule is COC1CCCN(CC2(CNC(C)C)CCCC2)C1. The van der Waals surface area contributed by atoms with E-state index in [4.69, 9.17) is 4.74 Å².